The van der Waals surface area contributed by atoms with Crippen LogP contribution in [0.25, 0.3) is 0 Å². The maximum absolute atomic E-state index is 12.7. The van der Waals surface area contributed by atoms with Gasteiger partial charge in [0.05, 0.1) is 14.2 Å². The second kappa shape index (κ2) is 8.56. The van der Waals surface area contributed by atoms with Crippen molar-refractivity contribution in [2.75, 3.05) is 27.8 Å². The quantitative estimate of drug-likeness (QED) is 0.792. The van der Waals surface area contributed by atoms with E-state index in [1.54, 1.807) is 14.2 Å². The lowest BCUT2D eigenvalue weighted by molar-refractivity contribution is -0.136. The minimum absolute atomic E-state index is 0.211. The van der Waals surface area contributed by atoms with Gasteiger partial charge in [-0.2, -0.15) is 0 Å². The number of carbonyl (C=O) groups is 1. The highest BCUT2D eigenvalue weighted by atomic mass is 16.5. The van der Waals surface area contributed by atoms with Crippen LogP contribution < -0.4 is 9.47 Å². The molecule has 1 heterocycles. The van der Waals surface area contributed by atoms with Crippen molar-refractivity contribution in [1.82, 2.24) is 9.80 Å². The third-order valence-corrected chi connectivity index (χ3v) is 5.39. The van der Waals surface area contributed by atoms with Crippen molar-refractivity contribution in [3.05, 3.63) is 23.8 Å². The number of methoxy groups -OCH3 is 2. The molecule has 1 amide bonds. The lowest BCUT2D eigenvalue weighted by Crippen LogP contribution is -2.53. The Morgan fingerprint density at radius 1 is 1.24 bits per heavy atom. The standard InChI is InChI=1S/C20H32N2O3/c1-7-20(23)22(17-10-15(3)21(4)12-14(17)2)13-16-8-9-18(24-5)19(11-16)25-6/h8-9,11,14-15,17H,7,10,12-13H2,1-6H3/t14-,15+,17+/m0/s1. The normalized spacial score (nSPS) is 24.0. The van der Waals surface area contributed by atoms with E-state index in [2.05, 4.69) is 30.7 Å². The molecular weight excluding hydrogens is 316 g/mol. The third kappa shape index (κ3) is 4.46. The van der Waals surface area contributed by atoms with Crippen LogP contribution >= 0.6 is 0 Å². The molecule has 0 aliphatic carbocycles. The molecule has 25 heavy (non-hydrogen) atoms. The molecular formula is C20H32N2O3. The van der Waals surface area contributed by atoms with Crippen LogP contribution in [0.4, 0.5) is 0 Å². The minimum atomic E-state index is 0.211. The number of nitrogens with zero attached hydrogens (tertiary/aromatic N) is 2. The zero-order valence-corrected chi connectivity index (χ0v) is 16.4. The van der Waals surface area contributed by atoms with Gasteiger partial charge in [-0.15, -0.1) is 0 Å². The van der Waals surface area contributed by atoms with Gasteiger partial charge in [0, 0.05) is 31.6 Å². The fraction of sp³-hybridized carbons (Fsp3) is 0.650. The average Bonchev–Trinajstić information content (AvgIpc) is 2.62. The van der Waals surface area contributed by atoms with Crippen LogP contribution in [0.5, 0.6) is 11.5 Å². The van der Waals surface area contributed by atoms with Crippen LogP contribution in [0.2, 0.25) is 0 Å². The Morgan fingerprint density at radius 3 is 2.52 bits per heavy atom. The highest BCUT2D eigenvalue weighted by molar-refractivity contribution is 5.76. The molecule has 0 aromatic heterocycles. The Balaban J connectivity index is 2.25. The molecule has 1 aromatic carbocycles. The van der Waals surface area contributed by atoms with Gasteiger partial charge >= 0.3 is 0 Å². The van der Waals surface area contributed by atoms with Crippen LogP contribution in [0, 0.1) is 5.92 Å². The molecule has 1 fully saturated rings. The number of carbonyl (C=O) groups excluding carboxylic acids is 1. The number of hydrogen-bond acceptors (Lipinski definition) is 4. The van der Waals surface area contributed by atoms with Gasteiger partial charge in [0.2, 0.25) is 5.91 Å². The SMILES string of the molecule is CCC(=O)N(Cc1ccc(OC)c(OC)c1)[C@@H]1C[C@@H](C)N(C)C[C@@H]1C. The minimum Gasteiger partial charge on any atom is -0.493 e. The molecule has 1 aliphatic rings. The molecule has 2 rings (SSSR count). The number of likely N-dealkylation sites (tertiary alicyclic amines) is 1. The maximum Gasteiger partial charge on any atom is 0.222 e. The zero-order chi connectivity index (χ0) is 18.6. The van der Waals surface area contributed by atoms with E-state index in [4.69, 9.17) is 9.47 Å². The summed E-state index contributed by atoms with van der Waals surface area (Å²) in [7, 11) is 5.43. The Morgan fingerprint density at radius 2 is 1.92 bits per heavy atom. The van der Waals surface area contributed by atoms with E-state index < -0.39 is 0 Å². The van der Waals surface area contributed by atoms with Crippen molar-refractivity contribution in [1.29, 1.82) is 0 Å². The number of piperidine rings is 1. The molecule has 5 heteroatoms. The molecule has 0 bridgehead atoms. The van der Waals surface area contributed by atoms with Gasteiger partial charge in [-0.3, -0.25) is 4.79 Å². The van der Waals surface area contributed by atoms with Crippen LogP contribution in [0.3, 0.4) is 0 Å². The monoisotopic (exact) mass is 348 g/mol. The molecule has 1 saturated heterocycles. The predicted octanol–water partition coefficient (Wildman–Crippen LogP) is 3.17. The number of ether oxygens (including phenoxy) is 2. The van der Waals surface area contributed by atoms with Crippen LogP contribution in [0.15, 0.2) is 18.2 Å². The van der Waals surface area contributed by atoms with E-state index in [9.17, 15) is 4.79 Å². The fourth-order valence-electron chi connectivity index (χ4n) is 3.72. The molecule has 5 nitrogen and oxygen atoms in total. The zero-order valence-electron chi connectivity index (χ0n) is 16.4. The molecule has 0 N–H and O–H groups in total. The Bertz CT molecular complexity index is 590. The summed E-state index contributed by atoms with van der Waals surface area (Å²) in [5, 5.41) is 0. The number of hydrogen-bond donors (Lipinski definition) is 0. The molecule has 3 atom stereocenters. The summed E-state index contributed by atoms with van der Waals surface area (Å²) in [4.78, 5) is 17.1. The van der Waals surface area contributed by atoms with Crippen molar-refractivity contribution in [2.45, 2.75) is 52.2 Å². The van der Waals surface area contributed by atoms with Crippen molar-refractivity contribution in [3.63, 3.8) is 0 Å². The molecule has 1 aliphatic heterocycles. The summed E-state index contributed by atoms with van der Waals surface area (Å²) in [6.45, 7) is 8.05. The van der Waals surface area contributed by atoms with E-state index in [-0.39, 0.29) is 11.9 Å². The maximum atomic E-state index is 12.7. The summed E-state index contributed by atoms with van der Waals surface area (Å²) < 4.78 is 10.7. The van der Waals surface area contributed by atoms with Gasteiger partial charge in [-0.1, -0.05) is 19.9 Å². The second-order valence-electron chi connectivity index (χ2n) is 7.13. The number of amides is 1. The molecule has 0 radical (unpaired) electrons. The highest BCUT2D eigenvalue weighted by Crippen LogP contribution is 2.31. The average molecular weight is 348 g/mol. The Hall–Kier alpha value is -1.75. The van der Waals surface area contributed by atoms with Gasteiger partial charge in [-0.05, 0) is 44.0 Å². The first-order valence-electron chi connectivity index (χ1n) is 9.11. The second-order valence-corrected chi connectivity index (χ2v) is 7.13. The third-order valence-electron chi connectivity index (χ3n) is 5.39. The fourth-order valence-corrected chi connectivity index (χ4v) is 3.72. The first kappa shape index (κ1) is 19.6. The van der Waals surface area contributed by atoms with Crippen LogP contribution in [-0.4, -0.2) is 55.6 Å². The lowest BCUT2D eigenvalue weighted by Gasteiger charge is -2.45. The Kier molecular flexibility index (Phi) is 6.71. The van der Waals surface area contributed by atoms with Crippen molar-refractivity contribution < 1.29 is 14.3 Å². The highest BCUT2D eigenvalue weighted by Gasteiger charge is 2.34. The van der Waals surface area contributed by atoms with E-state index in [1.807, 2.05) is 25.1 Å². The summed E-state index contributed by atoms with van der Waals surface area (Å²) in [5.41, 5.74) is 1.07. The molecule has 0 spiro atoms. The van der Waals surface area contributed by atoms with E-state index in [0.29, 0.717) is 36.4 Å². The van der Waals surface area contributed by atoms with Gasteiger partial charge in [0.15, 0.2) is 11.5 Å². The largest absolute Gasteiger partial charge is 0.493 e. The van der Waals surface area contributed by atoms with E-state index in [1.165, 1.54) is 0 Å². The smallest absolute Gasteiger partial charge is 0.222 e. The van der Waals surface area contributed by atoms with Gasteiger partial charge in [0.1, 0.15) is 0 Å². The summed E-state index contributed by atoms with van der Waals surface area (Å²) in [6, 6.07) is 6.65. The molecule has 1 aromatic rings. The molecule has 0 saturated carbocycles. The summed E-state index contributed by atoms with van der Waals surface area (Å²) in [5.74, 6) is 2.08. The molecule has 0 unspecified atom stereocenters. The molecule has 140 valence electrons. The van der Waals surface area contributed by atoms with Crippen molar-refractivity contribution in [3.8, 4) is 11.5 Å². The van der Waals surface area contributed by atoms with Crippen molar-refractivity contribution in [2.24, 2.45) is 5.92 Å². The number of benzene rings is 1. The first-order valence-corrected chi connectivity index (χ1v) is 9.11. The van der Waals surface area contributed by atoms with Crippen molar-refractivity contribution >= 4 is 5.91 Å². The van der Waals surface area contributed by atoms with E-state index >= 15 is 0 Å². The van der Waals surface area contributed by atoms with E-state index in [0.717, 1.165) is 18.5 Å². The Labute approximate surface area is 151 Å². The first-order chi connectivity index (χ1) is 11.9. The van der Waals surface area contributed by atoms with Crippen LogP contribution in [-0.2, 0) is 11.3 Å². The number of rotatable bonds is 6. The summed E-state index contributed by atoms with van der Waals surface area (Å²) >= 11 is 0. The van der Waals surface area contributed by atoms with Gasteiger partial charge < -0.3 is 19.3 Å². The van der Waals surface area contributed by atoms with Gasteiger partial charge in [-0.25, -0.2) is 0 Å². The van der Waals surface area contributed by atoms with Gasteiger partial charge in [0.25, 0.3) is 0 Å². The topological polar surface area (TPSA) is 42.0 Å². The predicted molar refractivity (Wildman–Crippen MR) is 100 cm³/mol. The summed E-state index contributed by atoms with van der Waals surface area (Å²) in [6.07, 6.45) is 1.54. The van der Waals surface area contributed by atoms with Crippen LogP contribution in [0.1, 0.15) is 39.2 Å². The lowest BCUT2D eigenvalue weighted by atomic mass is 9.88.